The van der Waals surface area contributed by atoms with Crippen LogP contribution >= 0.6 is 0 Å². The van der Waals surface area contributed by atoms with Crippen LogP contribution in [0.15, 0.2) is 12.3 Å². The molecule has 0 aliphatic carbocycles. The molecule has 0 saturated carbocycles. The molecule has 1 aliphatic rings. The van der Waals surface area contributed by atoms with E-state index in [1.165, 1.54) is 4.68 Å². The number of carbonyl (C=O) groups excluding carboxylic acids is 2. The van der Waals surface area contributed by atoms with E-state index in [0.717, 1.165) is 0 Å². The van der Waals surface area contributed by atoms with Gasteiger partial charge in [-0.25, -0.2) is 4.79 Å². The molecule has 1 fully saturated rings. The van der Waals surface area contributed by atoms with Crippen LogP contribution in [0.1, 0.15) is 31.3 Å². The first-order chi connectivity index (χ1) is 10.8. The Bertz CT molecular complexity index is 564. The first-order valence-electron chi connectivity index (χ1n) is 7.61. The summed E-state index contributed by atoms with van der Waals surface area (Å²) < 4.78 is 12.3. The van der Waals surface area contributed by atoms with Crippen molar-refractivity contribution in [1.29, 1.82) is 0 Å². The predicted octanol–water partition coefficient (Wildman–Crippen LogP) is 0.786. The third-order valence-corrected chi connectivity index (χ3v) is 3.41. The molecule has 23 heavy (non-hydrogen) atoms. The van der Waals surface area contributed by atoms with E-state index in [2.05, 4.69) is 10.4 Å². The molecule has 1 unspecified atom stereocenters. The van der Waals surface area contributed by atoms with Gasteiger partial charge in [-0.15, -0.1) is 0 Å². The van der Waals surface area contributed by atoms with Gasteiger partial charge in [-0.1, -0.05) is 0 Å². The van der Waals surface area contributed by atoms with Crippen LogP contribution in [-0.4, -0.2) is 64.6 Å². The lowest BCUT2D eigenvalue weighted by Crippen LogP contribution is -2.54. The normalized spacial score (nSPS) is 18.6. The van der Waals surface area contributed by atoms with Crippen LogP contribution in [0.2, 0.25) is 0 Å². The number of hydrogen-bond acceptors (Lipinski definition) is 5. The Balaban J connectivity index is 1.95. The fraction of sp³-hybridized carbons (Fsp3) is 0.667. The Hall–Kier alpha value is -2.09. The van der Waals surface area contributed by atoms with Gasteiger partial charge >= 0.3 is 6.09 Å². The lowest BCUT2D eigenvalue weighted by atomic mass is 10.2. The van der Waals surface area contributed by atoms with Gasteiger partial charge in [-0.05, 0) is 26.8 Å². The first kappa shape index (κ1) is 17.3. The van der Waals surface area contributed by atoms with Crippen LogP contribution in [0, 0.1) is 0 Å². The third-order valence-electron chi connectivity index (χ3n) is 3.41. The quantitative estimate of drug-likeness (QED) is 0.888. The predicted molar refractivity (Wildman–Crippen MR) is 83.1 cm³/mol. The number of ether oxygens (including phenoxy) is 2. The molecule has 2 rings (SSSR count). The summed E-state index contributed by atoms with van der Waals surface area (Å²) in [6, 6.07) is 1.38. The highest BCUT2D eigenvalue weighted by molar-refractivity contribution is 5.92. The zero-order chi connectivity index (χ0) is 17.0. The van der Waals surface area contributed by atoms with Crippen molar-refractivity contribution in [3.05, 3.63) is 18.0 Å². The van der Waals surface area contributed by atoms with Crippen molar-refractivity contribution >= 4 is 12.0 Å². The molecule has 0 spiro atoms. The number of amides is 2. The molecule has 0 aromatic carbocycles. The van der Waals surface area contributed by atoms with E-state index in [0.29, 0.717) is 32.0 Å². The molecule has 1 N–H and O–H groups in total. The summed E-state index contributed by atoms with van der Waals surface area (Å²) >= 11 is 0. The number of nitrogens with zero attached hydrogens (tertiary/aromatic N) is 3. The van der Waals surface area contributed by atoms with Crippen LogP contribution in [-0.2, 0) is 16.5 Å². The average molecular weight is 324 g/mol. The highest BCUT2D eigenvalue weighted by atomic mass is 16.6. The molecule has 2 amide bonds. The van der Waals surface area contributed by atoms with E-state index in [4.69, 9.17) is 9.47 Å². The fourth-order valence-electron chi connectivity index (χ4n) is 2.28. The van der Waals surface area contributed by atoms with Crippen molar-refractivity contribution in [1.82, 2.24) is 20.0 Å². The maximum Gasteiger partial charge on any atom is 0.410 e. The largest absolute Gasteiger partial charge is 0.444 e. The van der Waals surface area contributed by atoms with Crippen molar-refractivity contribution in [2.24, 2.45) is 7.05 Å². The number of morpholine rings is 1. The highest BCUT2D eigenvalue weighted by Crippen LogP contribution is 2.14. The van der Waals surface area contributed by atoms with Crippen molar-refractivity contribution in [2.75, 3.05) is 26.3 Å². The molecule has 2 heterocycles. The Morgan fingerprint density at radius 2 is 2.22 bits per heavy atom. The van der Waals surface area contributed by atoms with Crippen LogP contribution in [0.5, 0.6) is 0 Å². The second-order valence-corrected chi connectivity index (χ2v) is 6.45. The molecule has 1 atom stereocenters. The van der Waals surface area contributed by atoms with Crippen molar-refractivity contribution in [3.8, 4) is 0 Å². The molecular formula is C15H24N4O4. The van der Waals surface area contributed by atoms with Crippen molar-refractivity contribution in [2.45, 2.75) is 32.4 Å². The number of carbonyl (C=O) groups is 2. The zero-order valence-corrected chi connectivity index (χ0v) is 14.0. The Morgan fingerprint density at radius 3 is 2.83 bits per heavy atom. The minimum atomic E-state index is -0.558. The molecule has 0 bridgehead atoms. The fourth-order valence-corrected chi connectivity index (χ4v) is 2.28. The summed E-state index contributed by atoms with van der Waals surface area (Å²) in [5, 5.41) is 6.78. The van der Waals surface area contributed by atoms with Gasteiger partial charge in [0.2, 0.25) is 0 Å². The topological polar surface area (TPSA) is 85.7 Å². The molecule has 0 radical (unpaired) electrons. The summed E-state index contributed by atoms with van der Waals surface area (Å²) in [7, 11) is 1.70. The van der Waals surface area contributed by atoms with E-state index in [9.17, 15) is 9.59 Å². The van der Waals surface area contributed by atoms with E-state index in [-0.39, 0.29) is 18.0 Å². The summed E-state index contributed by atoms with van der Waals surface area (Å²) in [6.45, 7) is 7.04. The van der Waals surface area contributed by atoms with Crippen molar-refractivity contribution < 1.29 is 19.1 Å². The summed E-state index contributed by atoms with van der Waals surface area (Å²) in [4.78, 5) is 26.0. The van der Waals surface area contributed by atoms with Gasteiger partial charge in [0.05, 0.1) is 19.3 Å². The molecular weight excluding hydrogens is 300 g/mol. The smallest absolute Gasteiger partial charge is 0.410 e. The molecule has 1 aromatic rings. The molecule has 1 aromatic heterocycles. The molecule has 1 saturated heterocycles. The third kappa shape index (κ3) is 4.69. The summed E-state index contributed by atoms with van der Waals surface area (Å²) in [5.74, 6) is -0.236. The number of nitrogens with one attached hydrogen (secondary N) is 1. The van der Waals surface area contributed by atoms with E-state index in [1.807, 2.05) is 20.8 Å². The summed E-state index contributed by atoms with van der Waals surface area (Å²) in [5.41, 5.74) is -0.0942. The van der Waals surface area contributed by atoms with Gasteiger partial charge in [-0.2, -0.15) is 5.10 Å². The zero-order valence-electron chi connectivity index (χ0n) is 14.0. The van der Waals surface area contributed by atoms with Crippen molar-refractivity contribution in [3.63, 3.8) is 0 Å². The van der Waals surface area contributed by atoms with Gasteiger partial charge in [0.15, 0.2) is 0 Å². The van der Waals surface area contributed by atoms with E-state index < -0.39 is 5.60 Å². The van der Waals surface area contributed by atoms with Crippen LogP contribution in [0.3, 0.4) is 0 Å². The Kier molecular flexibility index (Phi) is 5.25. The maximum absolute atomic E-state index is 12.3. The van der Waals surface area contributed by atoms with E-state index >= 15 is 0 Å². The molecule has 8 heteroatoms. The summed E-state index contributed by atoms with van der Waals surface area (Å²) in [6.07, 6.45) is 1.17. The standard InChI is InChI=1S/C15H24N4O4/c1-15(2,3)23-14(21)19-7-8-22-10-11(19)9-16-13(20)12-5-6-17-18(12)4/h5-6,11H,7-10H2,1-4H3,(H,16,20). The second-order valence-electron chi connectivity index (χ2n) is 6.45. The Labute approximate surface area is 135 Å². The molecule has 128 valence electrons. The number of aromatic nitrogens is 2. The monoisotopic (exact) mass is 324 g/mol. The van der Waals surface area contributed by atoms with E-state index in [1.54, 1.807) is 24.2 Å². The number of aryl methyl sites for hydroxylation is 1. The first-order valence-corrected chi connectivity index (χ1v) is 7.61. The van der Waals surface area contributed by atoms with Gasteiger partial charge in [-0.3, -0.25) is 14.4 Å². The minimum absolute atomic E-state index is 0.236. The Morgan fingerprint density at radius 1 is 1.48 bits per heavy atom. The molecule has 1 aliphatic heterocycles. The van der Waals surface area contributed by atoms with Crippen LogP contribution in [0.4, 0.5) is 4.79 Å². The van der Waals surface area contributed by atoms with Crippen LogP contribution in [0.25, 0.3) is 0 Å². The van der Waals surface area contributed by atoms with Gasteiger partial charge in [0.25, 0.3) is 5.91 Å². The van der Waals surface area contributed by atoms with Gasteiger partial charge in [0, 0.05) is 26.3 Å². The van der Waals surface area contributed by atoms with Crippen LogP contribution < -0.4 is 5.32 Å². The molecule has 8 nitrogen and oxygen atoms in total. The maximum atomic E-state index is 12.3. The number of rotatable bonds is 3. The van der Waals surface area contributed by atoms with Gasteiger partial charge in [0.1, 0.15) is 11.3 Å². The second kappa shape index (κ2) is 6.99. The minimum Gasteiger partial charge on any atom is -0.444 e. The highest BCUT2D eigenvalue weighted by Gasteiger charge is 2.31. The lowest BCUT2D eigenvalue weighted by molar-refractivity contribution is -0.0314. The van der Waals surface area contributed by atoms with Gasteiger partial charge < -0.3 is 14.8 Å². The lowest BCUT2D eigenvalue weighted by Gasteiger charge is -2.36. The average Bonchev–Trinajstić information content (AvgIpc) is 2.89. The SMILES string of the molecule is Cn1nccc1C(=O)NCC1COCCN1C(=O)OC(C)(C)C. The number of hydrogen-bond donors (Lipinski definition) is 1.